The molecule has 0 spiro atoms. The van der Waals surface area contributed by atoms with Crippen LogP contribution in [0.25, 0.3) is 0 Å². The zero-order chi connectivity index (χ0) is 16.3. The highest BCUT2D eigenvalue weighted by atomic mass is 79.9. The van der Waals surface area contributed by atoms with Gasteiger partial charge in [-0.1, -0.05) is 28.1 Å². The largest absolute Gasteiger partial charge is 0.383 e. The van der Waals surface area contributed by atoms with Gasteiger partial charge in [0, 0.05) is 31.2 Å². The molecule has 1 aliphatic heterocycles. The molecule has 1 aromatic rings. The Morgan fingerprint density at radius 2 is 2.13 bits per heavy atom. The van der Waals surface area contributed by atoms with Gasteiger partial charge in [0.05, 0.1) is 12.0 Å². The van der Waals surface area contributed by atoms with Gasteiger partial charge in [-0.15, -0.1) is 0 Å². The molecule has 0 bridgehead atoms. The van der Waals surface area contributed by atoms with Gasteiger partial charge in [0.1, 0.15) is 0 Å². The van der Waals surface area contributed by atoms with Crippen molar-refractivity contribution < 1.29 is 9.53 Å². The molecule has 1 atom stereocenters. The van der Waals surface area contributed by atoms with Gasteiger partial charge in [-0.3, -0.25) is 4.79 Å². The van der Waals surface area contributed by atoms with Crippen LogP contribution in [0.3, 0.4) is 0 Å². The molecule has 1 aromatic carbocycles. The standard InChI is InChI=1S/C18H25BrN2O2/c1-23-11-10-21-9-6-14(13-21)12-20-17(22)18(7-8-18)15-2-4-16(19)5-3-15/h2-5,14H,6-13H2,1H3,(H,20,22). The van der Waals surface area contributed by atoms with Crippen molar-refractivity contribution in [2.24, 2.45) is 5.92 Å². The number of nitrogens with one attached hydrogen (secondary N) is 1. The average molecular weight is 381 g/mol. The van der Waals surface area contributed by atoms with Crippen LogP contribution < -0.4 is 5.32 Å². The summed E-state index contributed by atoms with van der Waals surface area (Å²) >= 11 is 3.45. The lowest BCUT2D eigenvalue weighted by Crippen LogP contribution is -2.38. The summed E-state index contributed by atoms with van der Waals surface area (Å²) in [5.41, 5.74) is 0.876. The molecule has 1 saturated heterocycles. The summed E-state index contributed by atoms with van der Waals surface area (Å²) < 4.78 is 6.19. The number of methoxy groups -OCH3 is 1. The van der Waals surface area contributed by atoms with E-state index in [4.69, 9.17) is 4.74 Å². The van der Waals surface area contributed by atoms with Gasteiger partial charge < -0.3 is 15.0 Å². The first-order valence-corrected chi connectivity index (χ1v) is 9.19. The molecule has 23 heavy (non-hydrogen) atoms. The molecule has 1 unspecified atom stereocenters. The van der Waals surface area contributed by atoms with Crippen LogP contribution in [0.5, 0.6) is 0 Å². The van der Waals surface area contributed by atoms with E-state index in [1.54, 1.807) is 7.11 Å². The van der Waals surface area contributed by atoms with E-state index < -0.39 is 0 Å². The van der Waals surface area contributed by atoms with E-state index in [9.17, 15) is 4.79 Å². The quantitative estimate of drug-likeness (QED) is 0.790. The molecule has 1 aliphatic carbocycles. The maximum Gasteiger partial charge on any atom is 0.230 e. The summed E-state index contributed by atoms with van der Waals surface area (Å²) in [6, 6.07) is 8.18. The highest BCUT2D eigenvalue weighted by molar-refractivity contribution is 9.10. The Balaban J connectivity index is 1.49. The number of likely N-dealkylation sites (tertiary alicyclic amines) is 1. The summed E-state index contributed by atoms with van der Waals surface area (Å²) in [6.07, 6.45) is 3.09. The molecule has 3 rings (SSSR count). The summed E-state index contributed by atoms with van der Waals surface area (Å²) in [5.74, 6) is 0.770. The Bertz CT molecular complexity index is 542. The van der Waals surface area contributed by atoms with Gasteiger partial charge in [0.15, 0.2) is 0 Å². The molecule has 1 N–H and O–H groups in total. The maximum atomic E-state index is 12.7. The van der Waals surface area contributed by atoms with E-state index in [0.29, 0.717) is 5.92 Å². The molecule has 1 saturated carbocycles. The van der Waals surface area contributed by atoms with Crippen molar-refractivity contribution in [1.29, 1.82) is 0 Å². The zero-order valence-corrected chi connectivity index (χ0v) is 15.3. The van der Waals surface area contributed by atoms with Crippen LogP contribution in [0.2, 0.25) is 0 Å². The Morgan fingerprint density at radius 1 is 1.39 bits per heavy atom. The number of carbonyl (C=O) groups is 1. The number of nitrogens with zero attached hydrogens (tertiary/aromatic N) is 1. The van der Waals surface area contributed by atoms with Crippen LogP contribution in [0.15, 0.2) is 28.7 Å². The van der Waals surface area contributed by atoms with Crippen LogP contribution in [-0.2, 0) is 14.9 Å². The minimum absolute atomic E-state index is 0.204. The average Bonchev–Trinajstić information content (AvgIpc) is 3.25. The van der Waals surface area contributed by atoms with E-state index in [0.717, 1.165) is 62.1 Å². The minimum Gasteiger partial charge on any atom is -0.383 e. The molecule has 1 heterocycles. The van der Waals surface area contributed by atoms with Crippen molar-refractivity contribution in [1.82, 2.24) is 10.2 Å². The number of hydrogen-bond donors (Lipinski definition) is 1. The molecule has 4 nitrogen and oxygen atoms in total. The van der Waals surface area contributed by atoms with Crippen molar-refractivity contribution in [2.45, 2.75) is 24.7 Å². The number of benzene rings is 1. The number of rotatable bonds is 7. The van der Waals surface area contributed by atoms with Crippen LogP contribution in [0.1, 0.15) is 24.8 Å². The first-order valence-electron chi connectivity index (χ1n) is 8.40. The first-order chi connectivity index (χ1) is 11.1. The van der Waals surface area contributed by atoms with E-state index in [1.165, 1.54) is 0 Å². The van der Waals surface area contributed by atoms with Gasteiger partial charge in [-0.25, -0.2) is 0 Å². The van der Waals surface area contributed by atoms with E-state index in [1.807, 2.05) is 12.1 Å². The smallest absolute Gasteiger partial charge is 0.230 e. The van der Waals surface area contributed by atoms with Crippen LogP contribution in [0, 0.1) is 5.92 Å². The summed E-state index contributed by atoms with van der Waals surface area (Å²) in [6.45, 7) is 4.74. The van der Waals surface area contributed by atoms with Crippen LogP contribution in [-0.4, -0.2) is 50.7 Å². The predicted octanol–water partition coefficient (Wildman–Crippen LogP) is 2.57. The number of amides is 1. The third kappa shape index (κ3) is 3.95. The molecule has 0 aromatic heterocycles. The third-order valence-corrected chi connectivity index (χ3v) is 5.64. The van der Waals surface area contributed by atoms with Crippen molar-refractivity contribution >= 4 is 21.8 Å². The van der Waals surface area contributed by atoms with E-state index >= 15 is 0 Å². The van der Waals surface area contributed by atoms with Gasteiger partial charge in [-0.05, 0) is 49.4 Å². The number of carbonyl (C=O) groups excluding carboxylic acids is 1. The van der Waals surface area contributed by atoms with Crippen molar-refractivity contribution in [2.75, 3.05) is 39.9 Å². The Morgan fingerprint density at radius 3 is 2.78 bits per heavy atom. The van der Waals surface area contributed by atoms with Crippen molar-refractivity contribution in [3.63, 3.8) is 0 Å². The molecular formula is C18H25BrN2O2. The van der Waals surface area contributed by atoms with Gasteiger partial charge >= 0.3 is 0 Å². The maximum absolute atomic E-state index is 12.7. The lowest BCUT2D eigenvalue weighted by molar-refractivity contribution is -0.123. The Labute approximate surface area is 146 Å². The van der Waals surface area contributed by atoms with Crippen LogP contribution >= 0.6 is 15.9 Å². The summed E-state index contributed by atoms with van der Waals surface area (Å²) in [5, 5.41) is 3.21. The first kappa shape index (κ1) is 16.9. The SMILES string of the molecule is COCCN1CCC(CNC(=O)C2(c3ccc(Br)cc3)CC2)C1. The lowest BCUT2D eigenvalue weighted by atomic mass is 9.95. The number of halogens is 1. The van der Waals surface area contributed by atoms with E-state index in [-0.39, 0.29) is 11.3 Å². The lowest BCUT2D eigenvalue weighted by Gasteiger charge is -2.19. The topological polar surface area (TPSA) is 41.6 Å². The fourth-order valence-electron chi connectivity index (χ4n) is 3.45. The predicted molar refractivity (Wildman–Crippen MR) is 94.5 cm³/mol. The van der Waals surface area contributed by atoms with Crippen LogP contribution in [0.4, 0.5) is 0 Å². The molecule has 2 aliphatic rings. The fourth-order valence-corrected chi connectivity index (χ4v) is 3.71. The minimum atomic E-state index is -0.269. The second kappa shape index (κ2) is 7.32. The van der Waals surface area contributed by atoms with Gasteiger partial charge in [0.2, 0.25) is 5.91 Å². The Kier molecular flexibility index (Phi) is 5.39. The second-order valence-corrected chi connectivity index (χ2v) is 7.66. The Hall–Kier alpha value is -0.910. The van der Waals surface area contributed by atoms with Gasteiger partial charge in [-0.2, -0.15) is 0 Å². The zero-order valence-electron chi connectivity index (χ0n) is 13.7. The normalized spacial score (nSPS) is 23.0. The highest BCUT2D eigenvalue weighted by Crippen LogP contribution is 2.48. The fraction of sp³-hybridized carbons (Fsp3) is 0.611. The third-order valence-electron chi connectivity index (χ3n) is 5.11. The van der Waals surface area contributed by atoms with Gasteiger partial charge in [0.25, 0.3) is 0 Å². The number of ether oxygens (including phenoxy) is 1. The molecule has 5 heteroatoms. The molecule has 126 valence electrons. The molecule has 2 fully saturated rings. The highest BCUT2D eigenvalue weighted by Gasteiger charge is 2.51. The summed E-state index contributed by atoms with van der Waals surface area (Å²) in [7, 11) is 1.74. The monoisotopic (exact) mass is 380 g/mol. The van der Waals surface area contributed by atoms with Crippen molar-refractivity contribution in [3.05, 3.63) is 34.3 Å². The summed E-state index contributed by atoms with van der Waals surface area (Å²) in [4.78, 5) is 15.1. The molecule has 1 amide bonds. The second-order valence-electron chi connectivity index (χ2n) is 6.75. The molecular weight excluding hydrogens is 356 g/mol. The number of hydrogen-bond acceptors (Lipinski definition) is 3. The molecule has 0 radical (unpaired) electrons. The van der Waals surface area contributed by atoms with E-state index in [2.05, 4.69) is 38.3 Å². The van der Waals surface area contributed by atoms with Crippen molar-refractivity contribution in [3.8, 4) is 0 Å².